The standard InChI is InChI=1S/C22H25N3O/c1-3-14-10-18-17-12-16(7-8-20(17)25-21(18)19(23)11-14)24-22(26)15-6-4-5-13(2)9-15/h4-9,12,14,19,25H,3,10-11,23H2,1-2H3,(H,24,26). The molecule has 134 valence electrons. The number of H-pyrrole nitrogens is 1. The predicted octanol–water partition coefficient (Wildman–Crippen LogP) is 4.70. The van der Waals surface area contributed by atoms with Gasteiger partial charge in [0.25, 0.3) is 5.91 Å². The topological polar surface area (TPSA) is 70.9 Å². The first kappa shape index (κ1) is 16.9. The molecule has 3 aromatic rings. The van der Waals surface area contributed by atoms with Crippen molar-refractivity contribution in [2.75, 3.05) is 5.32 Å². The number of carbonyl (C=O) groups is 1. The molecule has 0 saturated heterocycles. The van der Waals surface area contributed by atoms with E-state index in [1.54, 1.807) is 0 Å². The lowest BCUT2D eigenvalue weighted by Gasteiger charge is -2.26. The molecule has 4 rings (SSSR count). The number of benzene rings is 2. The van der Waals surface area contributed by atoms with Crippen LogP contribution in [0.25, 0.3) is 10.9 Å². The average Bonchev–Trinajstić information content (AvgIpc) is 3.00. The first-order valence-corrected chi connectivity index (χ1v) is 9.33. The molecule has 1 aliphatic carbocycles. The summed E-state index contributed by atoms with van der Waals surface area (Å²) in [5.74, 6) is 0.544. The van der Waals surface area contributed by atoms with E-state index in [1.807, 2.05) is 43.3 Å². The molecule has 0 aliphatic heterocycles. The summed E-state index contributed by atoms with van der Waals surface area (Å²) in [6, 6.07) is 13.8. The van der Waals surface area contributed by atoms with Gasteiger partial charge in [-0.25, -0.2) is 0 Å². The number of nitrogens with one attached hydrogen (secondary N) is 2. The van der Waals surface area contributed by atoms with Crippen LogP contribution in [0.3, 0.4) is 0 Å². The van der Waals surface area contributed by atoms with Crippen LogP contribution < -0.4 is 11.1 Å². The minimum atomic E-state index is -0.0828. The molecule has 0 saturated carbocycles. The SMILES string of the molecule is CCC1Cc2c([nH]c3ccc(NC(=O)c4cccc(C)c4)cc23)C(N)C1. The number of nitrogens with two attached hydrogens (primary N) is 1. The summed E-state index contributed by atoms with van der Waals surface area (Å²) in [5.41, 5.74) is 12.5. The van der Waals surface area contributed by atoms with Gasteiger partial charge in [-0.15, -0.1) is 0 Å². The molecular weight excluding hydrogens is 322 g/mol. The van der Waals surface area contributed by atoms with Gasteiger partial charge in [0.15, 0.2) is 0 Å². The number of fused-ring (bicyclic) bond motifs is 3. The molecular formula is C22H25N3O. The first-order valence-electron chi connectivity index (χ1n) is 9.33. The van der Waals surface area contributed by atoms with Gasteiger partial charge in [0.1, 0.15) is 0 Å². The van der Waals surface area contributed by atoms with E-state index in [1.165, 1.54) is 10.9 Å². The molecule has 0 radical (unpaired) electrons. The lowest BCUT2D eigenvalue weighted by atomic mass is 9.82. The van der Waals surface area contributed by atoms with Crippen LogP contribution >= 0.6 is 0 Å². The van der Waals surface area contributed by atoms with Gasteiger partial charge in [-0.3, -0.25) is 4.79 Å². The molecule has 4 N–H and O–H groups in total. The number of carbonyl (C=O) groups excluding carboxylic acids is 1. The normalized spacial score (nSPS) is 19.3. The Balaban J connectivity index is 1.66. The summed E-state index contributed by atoms with van der Waals surface area (Å²) in [5, 5.41) is 4.20. The number of hydrogen-bond donors (Lipinski definition) is 3. The van der Waals surface area contributed by atoms with Crippen LogP contribution in [0.4, 0.5) is 5.69 Å². The molecule has 1 aliphatic rings. The number of aryl methyl sites for hydroxylation is 1. The highest BCUT2D eigenvalue weighted by Gasteiger charge is 2.27. The van der Waals surface area contributed by atoms with Crippen molar-refractivity contribution < 1.29 is 4.79 Å². The predicted molar refractivity (Wildman–Crippen MR) is 106 cm³/mol. The maximum absolute atomic E-state index is 12.5. The lowest BCUT2D eigenvalue weighted by Crippen LogP contribution is -2.23. The summed E-state index contributed by atoms with van der Waals surface area (Å²) in [7, 11) is 0. The van der Waals surface area contributed by atoms with Gasteiger partial charge in [-0.2, -0.15) is 0 Å². The van der Waals surface area contributed by atoms with Crippen LogP contribution in [0.15, 0.2) is 42.5 Å². The molecule has 0 bridgehead atoms. The number of amides is 1. The number of aromatic amines is 1. The number of rotatable bonds is 3. The fourth-order valence-electron chi connectivity index (χ4n) is 4.03. The van der Waals surface area contributed by atoms with E-state index in [9.17, 15) is 4.79 Å². The Morgan fingerprint density at radius 3 is 2.88 bits per heavy atom. The average molecular weight is 347 g/mol. The zero-order chi connectivity index (χ0) is 18.3. The molecule has 1 amide bonds. The number of anilines is 1. The van der Waals surface area contributed by atoms with Gasteiger partial charge >= 0.3 is 0 Å². The molecule has 1 heterocycles. The van der Waals surface area contributed by atoms with Crippen molar-refractivity contribution in [3.63, 3.8) is 0 Å². The molecule has 4 heteroatoms. The highest BCUT2D eigenvalue weighted by Crippen LogP contribution is 2.38. The quantitative estimate of drug-likeness (QED) is 0.642. The van der Waals surface area contributed by atoms with Crippen molar-refractivity contribution in [3.05, 3.63) is 64.8 Å². The van der Waals surface area contributed by atoms with Crippen molar-refractivity contribution in [3.8, 4) is 0 Å². The molecule has 2 aromatic carbocycles. The lowest BCUT2D eigenvalue weighted by molar-refractivity contribution is 0.102. The van der Waals surface area contributed by atoms with Crippen LogP contribution in [-0.2, 0) is 6.42 Å². The summed E-state index contributed by atoms with van der Waals surface area (Å²) in [6.45, 7) is 4.22. The Morgan fingerprint density at radius 1 is 1.27 bits per heavy atom. The smallest absolute Gasteiger partial charge is 0.255 e. The number of aromatic nitrogens is 1. The first-order chi connectivity index (χ1) is 12.5. The highest BCUT2D eigenvalue weighted by molar-refractivity contribution is 6.05. The van der Waals surface area contributed by atoms with E-state index in [0.29, 0.717) is 11.5 Å². The highest BCUT2D eigenvalue weighted by atomic mass is 16.1. The molecule has 0 spiro atoms. The molecule has 2 unspecified atom stereocenters. The summed E-state index contributed by atoms with van der Waals surface area (Å²) in [4.78, 5) is 16.0. The third-order valence-corrected chi connectivity index (χ3v) is 5.51. The van der Waals surface area contributed by atoms with Crippen molar-refractivity contribution in [1.29, 1.82) is 0 Å². The van der Waals surface area contributed by atoms with Crippen molar-refractivity contribution in [2.24, 2.45) is 11.7 Å². The summed E-state index contributed by atoms with van der Waals surface area (Å²) in [6.07, 6.45) is 3.23. The van der Waals surface area contributed by atoms with Gasteiger partial charge in [-0.1, -0.05) is 31.0 Å². The van der Waals surface area contributed by atoms with Crippen LogP contribution in [0, 0.1) is 12.8 Å². The third kappa shape index (κ3) is 3.01. The molecule has 1 aromatic heterocycles. The van der Waals surface area contributed by atoms with E-state index >= 15 is 0 Å². The van der Waals surface area contributed by atoms with Gasteiger partial charge in [-0.05, 0) is 61.6 Å². The Kier molecular flexibility index (Phi) is 4.29. The van der Waals surface area contributed by atoms with Gasteiger partial charge in [0, 0.05) is 33.9 Å². The maximum atomic E-state index is 12.5. The molecule has 0 fully saturated rings. The van der Waals surface area contributed by atoms with E-state index in [0.717, 1.165) is 41.7 Å². The molecule has 2 atom stereocenters. The minimum Gasteiger partial charge on any atom is -0.357 e. The Bertz CT molecular complexity index is 973. The summed E-state index contributed by atoms with van der Waals surface area (Å²) < 4.78 is 0. The monoisotopic (exact) mass is 347 g/mol. The maximum Gasteiger partial charge on any atom is 0.255 e. The van der Waals surface area contributed by atoms with Crippen molar-refractivity contribution in [2.45, 2.75) is 39.2 Å². The molecule has 4 nitrogen and oxygen atoms in total. The van der Waals surface area contributed by atoms with Crippen molar-refractivity contribution in [1.82, 2.24) is 4.98 Å². The van der Waals surface area contributed by atoms with E-state index in [-0.39, 0.29) is 11.9 Å². The van der Waals surface area contributed by atoms with Crippen LogP contribution in [0.1, 0.15) is 53.0 Å². The van der Waals surface area contributed by atoms with Gasteiger partial charge < -0.3 is 16.0 Å². The van der Waals surface area contributed by atoms with E-state index in [4.69, 9.17) is 5.73 Å². The van der Waals surface area contributed by atoms with E-state index in [2.05, 4.69) is 23.3 Å². The Labute approximate surface area is 153 Å². The van der Waals surface area contributed by atoms with Crippen molar-refractivity contribution >= 4 is 22.5 Å². The molecule has 26 heavy (non-hydrogen) atoms. The Hall–Kier alpha value is -2.59. The fourth-order valence-corrected chi connectivity index (χ4v) is 4.03. The zero-order valence-electron chi connectivity index (χ0n) is 15.3. The van der Waals surface area contributed by atoms with Gasteiger partial charge in [0.2, 0.25) is 0 Å². The van der Waals surface area contributed by atoms with Crippen LogP contribution in [0.2, 0.25) is 0 Å². The second kappa shape index (κ2) is 6.61. The second-order valence-corrected chi connectivity index (χ2v) is 7.42. The van der Waals surface area contributed by atoms with Gasteiger partial charge in [0.05, 0.1) is 0 Å². The number of hydrogen-bond acceptors (Lipinski definition) is 2. The Morgan fingerprint density at radius 2 is 2.12 bits per heavy atom. The minimum absolute atomic E-state index is 0.0708. The second-order valence-electron chi connectivity index (χ2n) is 7.42. The third-order valence-electron chi connectivity index (χ3n) is 5.51. The zero-order valence-corrected chi connectivity index (χ0v) is 15.3. The van der Waals surface area contributed by atoms with E-state index < -0.39 is 0 Å². The largest absolute Gasteiger partial charge is 0.357 e. The summed E-state index contributed by atoms with van der Waals surface area (Å²) >= 11 is 0. The van der Waals surface area contributed by atoms with Crippen LogP contribution in [0.5, 0.6) is 0 Å². The fraction of sp³-hybridized carbons (Fsp3) is 0.318. The van der Waals surface area contributed by atoms with Crippen LogP contribution in [-0.4, -0.2) is 10.9 Å².